The smallest absolute Gasteiger partial charge is 0.308 e. The van der Waals surface area contributed by atoms with Crippen molar-refractivity contribution in [2.75, 3.05) is 6.54 Å². The third-order valence-electron chi connectivity index (χ3n) is 2.45. The Kier molecular flexibility index (Phi) is 4.66. The van der Waals surface area contributed by atoms with Gasteiger partial charge >= 0.3 is 5.97 Å². The highest BCUT2D eigenvalue weighted by Crippen LogP contribution is 2.09. The van der Waals surface area contributed by atoms with Gasteiger partial charge in [0.1, 0.15) is 6.04 Å². The summed E-state index contributed by atoms with van der Waals surface area (Å²) < 4.78 is 0. The van der Waals surface area contributed by atoms with Crippen LogP contribution in [-0.4, -0.2) is 23.5 Å². The van der Waals surface area contributed by atoms with Crippen molar-refractivity contribution in [3.05, 3.63) is 35.9 Å². The van der Waals surface area contributed by atoms with E-state index in [9.17, 15) is 9.59 Å². The summed E-state index contributed by atoms with van der Waals surface area (Å²) in [6, 6.07) is 8.17. The van der Waals surface area contributed by atoms with Gasteiger partial charge in [-0.1, -0.05) is 37.3 Å². The number of aliphatic carboxylic acids is 1. The number of rotatable bonds is 5. The molecule has 2 atom stereocenters. The SMILES string of the molecule is CC(CNC(=O)C(N)c1ccccc1)C(=O)O. The summed E-state index contributed by atoms with van der Waals surface area (Å²) in [6.07, 6.45) is 0. The van der Waals surface area contributed by atoms with Gasteiger partial charge in [-0.3, -0.25) is 9.59 Å². The number of amides is 1. The molecule has 5 nitrogen and oxygen atoms in total. The summed E-state index contributed by atoms with van der Waals surface area (Å²) in [5, 5.41) is 11.2. The third-order valence-corrected chi connectivity index (χ3v) is 2.45. The van der Waals surface area contributed by atoms with E-state index < -0.39 is 17.9 Å². The molecule has 0 aliphatic carbocycles. The molecule has 4 N–H and O–H groups in total. The van der Waals surface area contributed by atoms with Gasteiger partial charge in [0.15, 0.2) is 0 Å². The number of hydrogen-bond donors (Lipinski definition) is 3. The molecule has 5 heteroatoms. The number of nitrogens with one attached hydrogen (secondary N) is 1. The predicted octanol–water partition coefficient (Wildman–Crippen LogP) is 0.523. The zero-order chi connectivity index (χ0) is 12.8. The lowest BCUT2D eigenvalue weighted by atomic mass is 10.1. The average molecular weight is 236 g/mol. The minimum atomic E-state index is -0.946. The van der Waals surface area contributed by atoms with Gasteiger partial charge in [-0.15, -0.1) is 0 Å². The maximum Gasteiger partial charge on any atom is 0.308 e. The molecule has 0 heterocycles. The van der Waals surface area contributed by atoms with Crippen LogP contribution in [0.1, 0.15) is 18.5 Å². The molecule has 0 aromatic heterocycles. The van der Waals surface area contributed by atoms with Gasteiger partial charge < -0.3 is 16.2 Å². The standard InChI is InChI=1S/C12H16N2O3/c1-8(12(16)17)7-14-11(15)10(13)9-5-3-2-4-6-9/h2-6,8,10H,7,13H2,1H3,(H,14,15)(H,16,17). The number of carbonyl (C=O) groups excluding carboxylic acids is 1. The van der Waals surface area contributed by atoms with E-state index in [4.69, 9.17) is 10.8 Å². The van der Waals surface area contributed by atoms with E-state index in [1.54, 1.807) is 24.3 Å². The molecule has 0 spiro atoms. The van der Waals surface area contributed by atoms with Gasteiger partial charge in [0.2, 0.25) is 5.91 Å². The second-order valence-corrected chi connectivity index (χ2v) is 3.87. The van der Waals surface area contributed by atoms with Gasteiger partial charge in [0, 0.05) is 6.54 Å². The molecule has 0 aliphatic rings. The zero-order valence-electron chi connectivity index (χ0n) is 9.59. The van der Waals surface area contributed by atoms with Crippen molar-refractivity contribution in [1.29, 1.82) is 0 Å². The summed E-state index contributed by atoms with van der Waals surface area (Å²) in [5.74, 6) is -1.94. The molecule has 2 unspecified atom stereocenters. The second kappa shape index (κ2) is 6.00. The normalized spacial score (nSPS) is 13.8. The van der Waals surface area contributed by atoms with E-state index in [1.807, 2.05) is 6.07 Å². The Hall–Kier alpha value is -1.88. The first kappa shape index (κ1) is 13.2. The molecule has 0 saturated carbocycles. The highest BCUT2D eigenvalue weighted by atomic mass is 16.4. The molecular weight excluding hydrogens is 220 g/mol. The zero-order valence-corrected chi connectivity index (χ0v) is 9.59. The molecule has 0 saturated heterocycles. The number of carboxylic acids is 1. The van der Waals surface area contributed by atoms with E-state index in [-0.39, 0.29) is 12.5 Å². The van der Waals surface area contributed by atoms with E-state index in [1.165, 1.54) is 6.92 Å². The van der Waals surface area contributed by atoms with Gasteiger partial charge in [-0.05, 0) is 5.56 Å². The maximum absolute atomic E-state index is 11.6. The summed E-state index contributed by atoms with van der Waals surface area (Å²) in [7, 11) is 0. The Balaban J connectivity index is 2.51. The van der Waals surface area contributed by atoms with Crippen molar-refractivity contribution in [1.82, 2.24) is 5.32 Å². The largest absolute Gasteiger partial charge is 0.481 e. The summed E-state index contributed by atoms with van der Waals surface area (Å²) in [5.41, 5.74) is 6.44. The molecule has 1 amide bonds. The van der Waals surface area contributed by atoms with E-state index in [2.05, 4.69) is 5.32 Å². The van der Waals surface area contributed by atoms with Crippen LogP contribution >= 0.6 is 0 Å². The molecule has 0 aliphatic heterocycles. The van der Waals surface area contributed by atoms with Crippen LogP contribution in [0.4, 0.5) is 0 Å². The highest BCUT2D eigenvalue weighted by Gasteiger charge is 2.17. The second-order valence-electron chi connectivity index (χ2n) is 3.87. The Morgan fingerprint density at radius 3 is 2.47 bits per heavy atom. The number of carbonyl (C=O) groups is 2. The Labute approximate surface area is 99.6 Å². The number of benzene rings is 1. The predicted molar refractivity (Wildman–Crippen MR) is 63.2 cm³/mol. The Bertz CT molecular complexity index is 392. The highest BCUT2D eigenvalue weighted by molar-refractivity contribution is 5.83. The van der Waals surface area contributed by atoms with Gasteiger partial charge in [-0.25, -0.2) is 0 Å². The topological polar surface area (TPSA) is 92.4 Å². The average Bonchev–Trinajstić information content (AvgIpc) is 2.35. The minimum absolute atomic E-state index is 0.0781. The van der Waals surface area contributed by atoms with Crippen LogP contribution in [0, 0.1) is 5.92 Å². The Morgan fingerprint density at radius 1 is 1.35 bits per heavy atom. The first-order chi connectivity index (χ1) is 8.02. The van der Waals surface area contributed by atoms with Crippen LogP contribution in [-0.2, 0) is 9.59 Å². The van der Waals surface area contributed by atoms with E-state index in [0.717, 1.165) is 0 Å². The molecule has 0 radical (unpaired) electrons. The van der Waals surface area contributed by atoms with Crippen LogP contribution in [0.15, 0.2) is 30.3 Å². The van der Waals surface area contributed by atoms with Crippen molar-refractivity contribution in [3.8, 4) is 0 Å². The summed E-state index contributed by atoms with van der Waals surface area (Å²) >= 11 is 0. The van der Waals surface area contributed by atoms with Crippen molar-refractivity contribution in [2.45, 2.75) is 13.0 Å². The van der Waals surface area contributed by atoms with Crippen LogP contribution < -0.4 is 11.1 Å². The minimum Gasteiger partial charge on any atom is -0.481 e. The van der Waals surface area contributed by atoms with Crippen LogP contribution in [0.3, 0.4) is 0 Å². The quantitative estimate of drug-likeness (QED) is 0.695. The van der Waals surface area contributed by atoms with Gasteiger partial charge in [0.05, 0.1) is 5.92 Å². The molecule has 92 valence electrons. The Morgan fingerprint density at radius 2 is 1.94 bits per heavy atom. The number of carboxylic acid groups (broad SMARTS) is 1. The first-order valence-corrected chi connectivity index (χ1v) is 5.33. The lowest BCUT2D eigenvalue weighted by Crippen LogP contribution is -2.37. The maximum atomic E-state index is 11.6. The molecule has 0 bridgehead atoms. The van der Waals surface area contributed by atoms with Crippen LogP contribution in [0.5, 0.6) is 0 Å². The van der Waals surface area contributed by atoms with Crippen molar-refractivity contribution < 1.29 is 14.7 Å². The van der Waals surface area contributed by atoms with Crippen molar-refractivity contribution >= 4 is 11.9 Å². The molecule has 1 aromatic rings. The fourth-order valence-corrected chi connectivity index (χ4v) is 1.26. The molecule has 1 aromatic carbocycles. The fourth-order valence-electron chi connectivity index (χ4n) is 1.26. The molecule has 17 heavy (non-hydrogen) atoms. The van der Waals surface area contributed by atoms with E-state index >= 15 is 0 Å². The third kappa shape index (κ3) is 3.88. The van der Waals surface area contributed by atoms with Gasteiger partial charge in [0.25, 0.3) is 0 Å². The summed E-state index contributed by atoms with van der Waals surface area (Å²) in [6.45, 7) is 1.60. The summed E-state index contributed by atoms with van der Waals surface area (Å²) in [4.78, 5) is 22.2. The van der Waals surface area contributed by atoms with Gasteiger partial charge in [-0.2, -0.15) is 0 Å². The van der Waals surface area contributed by atoms with Crippen LogP contribution in [0.25, 0.3) is 0 Å². The van der Waals surface area contributed by atoms with Crippen molar-refractivity contribution in [2.24, 2.45) is 11.7 Å². The van der Waals surface area contributed by atoms with Crippen molar-refractivity contribution in [3.63, 3.8) is 0 Å². The van der Waals surface area contributed by atoms with E-state index in [0.29, 0.717) is 5.56 Å². The fraction of sp³-hybridized carbons (Fsp3) is 0.333. The first-order valence-electron chi connectivity index (χ1n) is 5.33. The number of nitrogens with two attached hydrogens (primary N) is 1. The lowest BCUT2D eigenvalue weighted by Gasteiger charge is -2.13. The number of hydrogen-bond acceptors (Lipinski definition) is 3. The molecule has 0 fully saturated rings. The molecular formula is C12H16N2O3. The molecule has 1 rings (SSSR count). The lowest BCUT2D eigenvalue weighted by molar-refractivity contribution is -0.141. The van der Waals surface area contributed by atoms with Crippen LogP contribution in [0.2, 0.25) is 0 Å². The monoisotopic (exact) mass is 236 g/mol.